The molecular formula is C21H19F3O3. The van der Waals surface area contributed by atoms with Crippen molar-refractivity contribution in [3.8, 4) is 11.5 Å². The van der Waals surface area contributed by atoms with Gasteiger partial charge in [-0.1, -0.05) is 18.2 Å². The van der Waals surface area contributed by atoms with E-state index in [1.807, 2.05) is 6.07 Å². The average Bonchev–Trinajstić information content (AvgIpc) is 3.49. The Morgan fingerprint density at radius 3 is 2.63 bits per heavy atom. The smallest absolute Gasteiger partial charge is 0.416 e. The summed E-state index contributed by atoms with van der Waals surface area (Å²) >= 11 is 0. The predicted molar refractivity (Wildman–Crippen MR) is 95.5 cm³/mol. The summed E-state index contributed by atoms with van der Waals surface area (Å²) < 4.78 is 49.2. The number of hydrogen-bond acceptors (Lipinski definition) is 3. The number of benzene rings is 2. The Bertz CT molecular complexity index is 852. The first-order chi connectivity index (χ1) is 12.9. The average molecular weight is 376 g/mol. The number of allylic oxidation sites excluding steroid dienone is 1. The van der Waals surface area contributed by atoms with E-state index in [0.717, 1.165) is 30.5 Å². The highest BCUT2D eigenvalue weighted by molar-refractivity contribution is 5.96. The van der Waals surface area contributed by atoms with Crippen LogP contribution in [0, 0.1) is 5.92 Å². The van der Waals surface area contributed by atoms with Gasteiger partial charge in [-0.05, 0) is 54.8 Å². The number of methoxy groups -OCH3 is 1. The Labute approximate surface area is 155 Å². The van der Waals surface area contributed by atoms with Crippen LogP contribution in [0.4, 0.5) is 13.2 Å². The van der Waals surface area contributed by atoms with Gasteiger partial charge in [-0.2, -0.15) is 13.2 Å². The molecule has 0 bridgehead atoms. The minimum atomic E-state index is -4.42. The van der Waals surface area contributed by atoms with E-state index < -0.39 is 11.7 Å². The largest absolute Gasteiger partial charge is 0.496 e. The molecule has 3 rings (SSSR count). The molecule has 0 atom stereocenters. The van der Waals surface area contributed by atoms with Gasteiger partial charge in [-0.25, -0.2) is 0 Å². The summed E-state index contributed by atoms with van der Waals surface area (Å²) in [6.45, 7) is 0.0444. The summed E-state index contributed by atoms with van der Waals surface area (Å²) in [5.74, 6) is 0.958. The minimum Gasteiger partial charge on any atom is -0.496 e. The lowest BCUT2D eigenvalue weighted by atomic mass is 10.1. The third-order valence-electron chi connectivity index (χ3n) is 4.28. The van der Waals surface area contributed by atoms with Crippen LogP contribution >= 0.6 is 0 Å². The summed E-state index contributed by atoms with van der Waals surface area (Å²) in [5, 5.41) is 0. The maximum atomic E-state index is 12.8. The van der Waals surface area contributed by atoms with Gasteiger partial charge in [-0.15, -0.1) is 0 Å². The molecule has 0 spiro atoms. The van der Waals surface area contributed by atoms with E-state index in [9.17, 15) is 18.0 Å². The Kier molecular flexibility index (Phi) is 5.54. The van der Waals surface area contributed by atoms with E-state index in [1.165, 1.54) is 19.2 Å². The second-order valence-corrected chi connectivity index (χ2v) is 6.40. The first kappa shape index (κ1) is 19.0. The number of carbonyl (C=O) groups is 1. The van der Waals surface area contributed by atoms with Gasteiger partial charge in [0, 0.05) is 11.5 Å². The number of carbonyl (C=O) groups excluding carboxylic acids is 1. The summed E-state index contributed by atoms with van der Waals surface area (Å²) in [7, 11) is 1.51. The summed E-state index contributed by atoms with van der Waals surface area (Å²) in [6.07, 6.45) is 0.768. The van der Waals surface area contributed by atoms with Crippen molar-refractivity contribution in [1.82, 2.24) is 0 Å². The Morgan fingerprint density at radius 1 is 1.19 bits per heavy atom. The molecule has 0 radical (unpaired) electrons. The SMILES string of the molecule is COc1ccc(/C=C/C(=O)C2CC2)cc1COc1cccc(C(F)(F)F)c1. The minimum absolute atomic E-state index is 0.0444. The maximum absolute atomic E-state index is 12.8. The van der Waals surface area contributed by atoms with Crippen molar-refractivity contribution in [3.63, 3.8) is 0 Å². The second kappa shape index (κ2) is 7.86. The highest BCUT2D eigenvalue weighted by atomic mass is 19.4. The molecule has 2 aromatic rings. The van der Waals surface area contributed by atoms with Crippen LogP contribution in [0.3, 0.4) is 0 Å². The van der Waals surface area contributed by atoms with E-state index >= 15 is 0 Å². The normalized spacial score (nSPS) is 14.4. The number of ketones is 1. The highest BCUT2D eigenvalue weighted by Gasteiger charge is 2.30. The third kappa shape index (κ3) is 5.12. The van der Waals surface area contributed by atoms with Crippen LogP contribution in [-0.4, -0.2) is 12.9 Å². The number of rotatable bonds is 7. The van der Waals surface area contributed by atoms with Gasteiger partial charge in [0.15, 0.2) is 5.78 Å². The highest BCUT2D eigenvalue weighted by Crippen LogP contribution is 2.32. The Morgan fingerprint density at radius 2 is 1.96 bits per heavy atom. The van der Waals surface area contributed by atoms with Crippen LogP contribution in [0.1, 0.15) is 29.5 Å². The van der Waals surface area contributed by atoms with E-state index in [2.05, 4.69) is 0 Å². The van der Waals surface area contributed by atoms with E-state index in [1.54, 1.807) is 24.3 Å². The number of halogens is 3. The van der Waals surface area contributed by atoms with Gasteiger partial charge in [0.2, 0.25) is 0 Å². The molecule has 0 heterocycles. The monoisotopic (exact) mass is 376 g/mol. The molecule has 27 heavy (non-hydrogen) atoms. The lowest BCUT2D eigenvalue weighted by Gasteiger charge is -2.13. The van der Waals surface area contributed by atoms with Gasteiger partial charge in [-0.3, -0.25) is 4.79 Å². The molecule has 0 unspecified atom stereocenters. The summed E-state index contributed by atoms with van der Waals surface area (Å²) in [5.41, 5.74) is 0.714. The molecule has 2 aromatic carbocycles. The molecule has 0 N–H and O–H groups in total. The maximum Gasteiger partial charge on any atom is 0.416 e. The van der Waals surface area contributed by atoms with Crippen molar-refractivity contribution in [2.45, 2.75) is 25.6 Å². The Balaban J connectivity index is 1.73. The first-order valence-corrected chi connectivity index (χ1v) is 8.56. The van der Waals surface area contributed by atoms with Crippen molar-refractivity contribution in [2.24, 2.45) is 5.92 Å². The van der Waals surface area contributed by atoms with Gasteiger partial charge < -0.3 is 9.47 Å². The zero-order chi connectivity index (χ0) is 19.4. The fourth-order valence-electron chi connectivity index (χ4n) is 2.62. The topological polar surface area (TPSA) is 35.5 Å². The molecule has 1 aliphatic carbocycles. The van der Waals surface area contributed by atoms with Crippen LogP contribution in [0.15, 0.2) is 48.5 Å². The van der Waals surface area contributed by atoms with Crippen LogP contribution in [0.25, 0.3) is 6.08 Å². The summed E-state index contributed by atoms with van der Waals surface area (Å²) in [4.78, 5) is 11.8. The fraction of sp³-hybridized carbons (Fsp3) is 0.286. The molecule has 0 aromatic heterocycles. The molecule has 1 fully saturated rings. The van der Waals surface area contributed by atoms with Crippen molar-refractivity contribution in [1.29, 1.82) is 0 Å². The number of hydrogen-bond donors (Lipinski definition) is 0. The summed E-state index contributed by atoms with van der Waals surface area (Å²) in [6, 6.07) is 10.1. The lowest BCUT2D eigenvalue weighted by Crippen LogP contribution is -2.05. The quantitative estimate of drug-likeness (QED) is 0.617. The van der Waals surface area contributed by atoms with Crippen molar-refractivity contribution >= 4 is 11.9 Å². The third-order valence-corrected chi connectivity index (χ3v) is 4.28. The van der Waals surface area contributed by atoms with Crippen molar-refractivity contribution in [3.05, 3.63) is 65.2 Å². The molecule has 3 nitrogen and oxygen atoms in total. The first-order valence-electron chi connectivity index (χ1n) is 8.56. The molecule has 142 valence electrons. The van der Waals surface area contributed by atoms with Gasteiger partial charge >= 0.3 is 6.18 Å². The molecule has 0 amide bonds. The zero-order valence-electron chi connectivity index (χ0n) is 14.8. The van der Waals surface area contributed by atoms with Crippen LogP contribution in [0.2, 0.25) is 0 Å². The predicted octanol–water partition coefficient (Wildman–Crippen LogP) is 5.29. The molecule has 6 heteroatoms. The lowest BCUT2D eigenvalue weighted by molar-refractivity contribution is -0.137. The molecule has 1 aliphatic rings. The molecule has 0 aliphatic heterocycles. The van der Waals surface area contributed by atoms with Crippen molar-refractivity contribution < 1.29 is 27.4 Å². The van der Waals surface area contributed by atoms with Gasteiger partial charge in [0.1, 0.15) is 18.1 Å². The van der Waals surface area contributed by atoms with E-state index in [4.69, 9.17) is 9.47 Å². The van der Waals surface area contributed by atoms with Gasteiger partial charge in [0.05, 0.1) is 12.7 Å². The molecule has 1 saturated carbocycles. The number of ether oxygens (including phenoxy) is 2. The molecular weight excluding hydrogens is 357 g/mol. The van der Waals surface area contributed by atoms with Crippen LogP contribution in [0.5, 0.6) is 11.5 Å². The fourth-order valence-corrected chi connectivity index (χ4v) is 2.62. The van der Waals surface area contributed by atoms with Crippen molar-refractivity contribution in [2.75, 3.05) is 7.11 Å². The van der Waals surface area contributed by atoms with Gasteiger partial charge in [0.25, 0.3) is 0 Å². The zero-order valence-corrected chi connectivity index (χ0v) is 14.8. The van der Waals surface area contributed by atoms with Crippen LogP contribution < -0.4 is 9.47 Å². The second-order valence-electron chi connectivity index (χ2n) is 6.40. The van der Waals surface area contributed by atoms with Crippen LogP contribution in [-0.2, 0) is 17.6 Å². The standard InChI is InChI=1S/C21H19F3O3/c1-26-20-10-6-14(5-9-19(25)15-7-8-15)11-16(20)13-27-18-4-2-3-17(12-18)21(22,23)24/h2-6,9-12,15H,7-8,13H2,1H3/b9-5+. The molecule has 0 saturated heterocycles. The van der Waals surface area contributed by atoms with E-state index in [0.29, 0.717) is 11.3 Å². The number of alkyl halides is 3. The Hall–Kier alpha value is -2.76. The van der Waals surface area contributed by atoms with E-state index in [-0.39, 0.29) is 24.1 Å².